The lowest BCUT2D eigenvalue weighted by atomic mass is 10.2. The van der Waals surface area contributed by atoms with E-state index in [1.54, 1.807) is 11.8 Å². The molecule has 2 heterocycles. The van der Waals surface area contributed by atoms with Crippen LogP contribution in [0.15, 0.2) is 82.7 Å². The van der Waals surface area contributed by atoms with Crippen molar-refractivity contribution in [3.63, 3.8) is 0 Å². The summed E-state index contributed by atoms with van der Waals surface area (Å²) in [6, 6.07) is 21.3. The predicted octanol–water partition coefficient (Wildman–Crippen LogP) is 5.33. The van der Waals surface area contributed by atoms with Gasteiger partial charge >= 0.3 is 6.03 Å². The maximum Gasteiger partial charge on any atom is 0.319 e. The van der Waals surface area contributed by atoms with E-state index in [9.17, 15) is 4.79 Å². The van der Waals surface area contributed by atoms with Crippen molar-refractivity contribution in [3.05, 3.63) is 84.3 Å². The Kier molecular flexibility index (Phi) is 5.99. The highest BCUT2D eigenvalue weighted by molar-refractivity contribution is 7.99. The van der Waals surface area contributed by atoms with Crippen LogP contribution in [0.2, 0.25) is 0 Å². The molecule has 0 unspecified atom stereocenters. The molecule has 7 heteroatoms. The second-order valence-corrected chi connectivity index (χ2v) is 8.30. The molecule has 2 N–H and O–H groups in total. The Morgan fingerprint density at radius 3 is 2.57 bits per heavy atom. The fourth-order valence-electron chi connectivity index (χ4n) is 3.09. The summed E-state index contributed by atoms with van der Waals surface area (Å²) in [7, 11) is 0. The number of nitrogens with one attached hydrogen (secondary N) is 2. The standard InChI is InChI=1S/C23H23N5OS/c1-16(2)22-27-26-21-13-12-19(15-28(21)22)30-20-11-7-6-8-17(20)14-24-23(29)25-18-9-4-3-5-10-18/h3-13,15-16H,14H2,1-2H3,(H2,24,25,29). The normalized spacial score (nSPS) is 11.0. The molecule has 2 aromatic carbocycles. The number of hydrogen-bond donors (Lipinski definition) is 2. The molecule has 0 aliphatic heterocycles. The Labute approximate surface area is 179 Å². The van der Waals surface area contributed by atoms with Crippen molar-refractivity contribution in [2.24, 2.45) is 0 Å². The average Bonchev–Trinajstić information content (AvgIpc) is 3.17. The first-order valence-corrected chi connectivity index (χ1v) is 10.6. The zero-order chi connectivity index (χ0) is 20.9. The monoisotopic (exact) mass is 417 g/mol. The van der Waals surface area contributed by atoms with Crippen molar-refractivity contribution < 1.29 is 4.79 Å². The van der Waals surface area contributed by atoms with E-state index in [2.05, 4.69) is 46.9 Å². The zero-order valence-corrected chi connectivity index (χ0v) is 17.7. The first-order chi connectivity index (χ1) is 14.6. The number of rotatable bonds is 6. The molecule has 152 valence electrons. The number of carbonyl (C=O) groups is 1. The number of urea groups is 1. The number of carbonyl (C=O) groups excluding carboxylic acids is 1. The molecular weight excluding hydrogens is 394 g/mol. The van der Waals surface area contributed by atoms with Gasteiger partial charge in [-0.2, -0.15) is 0 Å². The van der Waals surface area contributed by atoms with Crippen molar-refractivity contribution >= 4 is 29.1 Å². The molecule has 0 aliphatic rings. The van der Waals surface area contributed by atoms with E-state index in [0.29, 0.717) is 12.5 Å². The Bertz CT molecular complexity index is 1160. The summed E-state index contributed by atoms with van der Waals surface area (Å²) in [5, 5.41) is 14.3. The molecule has 0 saturated heterocycles. The number of anilines is 1. The number of para-hydroxylation sites is 1. The van der Waals surface area contributed by atoms with Gasteiger partial charge in [-0.3, -0.25) is 4.40 Å². The maximum absolute atomic E-state index is 12.2. The van der Waals surface area contributed by atoms with Gasteiger partial charge in [-0.1, -0.05) is 62.0 Å². The highest BCUT2D eigenvalue weighted by Crippen LogP contribution is 2.31. The smallest absolute Gasteiger partial charge is 0.319 e. The second-order valence-electron chi connectivity index (χ2n) is 7.19. The van der Waals surface area contributed by atoms with Gasteiger partial charge in [-0.25, -0.2) is 4.79 Å². The molecule has 0 atom stereocenters. The van der Waals surface area contributed by atoms with Crippen molar-refractivity contribution in [2.75, 3.05) is 5.32 Å². The molecule has 30 heavy (non-hydrogen) atoms. The van der Waals surface area contributed by atoms with Gasteiger partial charge in [0.25, 0.3) is 0 Å². The van der Waals surface area contributed by atoms with Crippen LogP contribution in [0.3, 0.4) is 0 Å². The van der Waals surface area contributed by atoms with Crippen molar-refractivity contribution in [1.82, 2.24) is 19.9 Å². The van der Waals surface area contributed by atoms with Crippen LogP contribution < -0.4 is 10.6 Å². The van der Waals surface area contributed by atoms with Crippen LogP contribution in [-0.2, 0) is 6.54 Å². The van der Waals surface area contributed by atoms with E-state index >= 15 is 0 Å². The van der Waals surface area contributed by atoms with Gasteiger partial charge in [0, 0.05) is 34.1 Å². The summed E-state index contributed by atoms with van der Waals surface area (Å²) >= 11 is 1.66. The topological polar surface area (TPSA) is 71.3 Å². The van der Waals surface area contributed by atoms with Crippen LogP contribution >= 0.6 is 11.8 Å². The maximum atomic E-state index is 12.2. The lowest BCUT2D eigenvalue weighted by Crippen LogP contribution is -2.28. The van der Waals surface area contributed by atoms with E-state index in [-0.39, 0.29) is 6.03 Å². The van der Waals surface area contributed by atoms with Crippen molar-refractivity contribution in [1.29, 1.82) is 0 Å². The number of fused-ring (bicyclic) bond motifs is 1. The van der Waals surface area contributed by atoms with Crippen molar-refractivity contribution in [3.8, 4) is 0 Å². The van der Waals surface area contributed by atoms with Gasteiger partial charge < -0.3 is 10.6 Å². The third kappa shape index (κ3) is 4.63. The van der Waals surface area contributed by atoms with Gasteiger partial charge in [-0.05, 0) is 35.9 Å². The van der Waals surface area contributed by atoms with Crippen LogP contribution in [0.1, 0.15) is 31.2 Å². The number of aromatic nitrogens is 3. The van der Waals surface area contributed by atoms with E-state index in [1.165, 1.54) is 0 Å². The lowest BCUT2D eigenvalue weighted by molar-refractivity contribution is 0.251. The third-order valence-corrected chi connectivity index (χ3v) is 5.68. The van der Waals surface area contributed by atoms with Gasteiger partial charge in [0.05, 0.1) is 0 Å². The Morgan fingerprint density at radius 1 is 1.00 bits per heavy atom. The largest absolute Gasteiger partial charge is 0.334 e. The lowest BCUT2D eigenvalue weighted by Gasteiger charge is -2.12. The number of hydrogen-bond acceptors (Lipinski definition) is 4. The molecule has 0 spiro atoms. The van der Waals surface area contributed by atoms with Crippen LogP contribution in [0.25, 0.3) is 5.65 Å². The molecule has 0 radical (unpaired) electrons. The SMILES string of the molecule is CC(C)c1nnc2ccc(Sc3ccccc3CNC(=O)Nc3ccccc3)cn12. The molecule has 0 aliphatic carbocycles. The zero-order valence-electron chi connectivity index (χ0n) is 16.9. The quantitative estimate of drug-likeness (QED) is 0.445. The molecule has 6 nitrogen and oxygen atoms in total. The minimum Gasteiger partial charge on any atom is -0.334 e. The van der Waals surface area contributed by atoms with Crippen molar-refractivity contribution in [2.45, 2.75) is 36.1 Å². The molecule has 0 saturated carbocycles. The Morgan fingerprint density at radius 2 is 1.77 bits per heavy atom. The Balaban J connectivity index is 1.47. The van der Waals surface area contributed by atoms with E-state index in [1.807, 2.05) is 65.1 Å². The summed E-state index contributed by atoms with van der Waals surface area (Å²) in [5.41, 5.74) is 2.66. The van der Waals surface area contributed by atoms with E-state index in [0.717, 1.165) is 32.5 Å². The summed E-state index contributed by atoms with van der Waals surface area (Å²) in [6.07, 6.45) is 2.07. The van der Waals surface area contributed by atoms with E-state index < -0.39 is 0 Å². The molecule has 2 amide bonds. The fraction of sp³-hybridized carbons (Fsp3) is 0.174. The summed E-state index contributed by atoms with van der Waals surface area (Å²) in [4.78, 5) is 14.4. The number of benzene rings is 2. The molecular formula is C23H23N5OS. The minimum atomic E-state index is -0.228. The molecule has 2 aromatic heterocycles. The minimum absolute atomic E-state index is 0.228. The summed E-state index contributed by atoms with van der Waals surface area (Å²) < 4.78 is 2.04. The van der Waals surface area contributed by atoms with Gasteiger partial charge in [0.1, 0.15) is 5.82 Å². The summed E-state index contributed by atoms with van der Waals surface area (Å²) in [5.74, 6) is 1.24. The van der Waals surface area contributed by atoms with Gasteiger partial charge in [-0.15, -0.1) is 10.2 Å². The highest BCUT2D eigenvalue weighted by Gasteiger charge is 2.11. The Hall–Kier alpha value is -3.32. The number of nitrogens with zero attached hydrogens (tertiary/aromatic N) is 3. The third-order valence-electron chi connectivity index (χ3n) is 4.59. The number of pyridine rings is 1. The van der Waals surface area contributed by atoms with E-state index in [4.69, 9.17) is 0 Å². The molecule has 0 fully saturated rings. The molecule has 4 rings (SSSR count). The van der Waals surface area contributed by atoms with Gasteiger partial charge in [0.15, 0.2) is 5.65 Å². The number of amides is 2. The fourth-order valence-corrected chi connectivity index (χ4v) is 4.06. The van der Waals surface area contributed by atoms with Crippen LogP contribution in [0.5, 0.6) is 0 Å². The summed E-state index contributed by atoms with van der Waals surface area (Å²) in [6.45, 7) is 4.66. The van der Waals surface area contributed by atoms with Crippen LogP contribution in [-0.4, -0.2) is 20.6 Å². The average molecular weight is 418 g/mol. The first kappa shape index (κ1) is 20.0. The second kappa shape index (κ2) is 9.00. The van der Waals surface area contributed by atoms with Crippen LogP contribution in [0.4, 0.5) is 10.5 Å². The predicted molar refractivity (Wildman–Crippen MR) is 120 cm³/mol. The molecule has 0 bridgehead atoms. The highest BCUT2D eigenvalue weighted by atomic mass is 32.2. The van der Waals surface area contributed by atoms with Gasteiger partial charge in [0.2, 0.25) is 0 Å². The molecule has 4 aromatic rings. The first-order valence-electron chi connectivity index (χ1n) is 9.80. The van der Waals surface area contributed by atoms with Crippen LogP contribution in [0, 0.1) is 0 Å².